The van der Waals surface area contributed by atoms with Gasteiger partial charge in [-0.05, 0) is 31.9 Å². The van der Waals surface area contributed by atoms with Gasteiger partial charge in [-0.15, -0.1) is 0 Å². The molecule has 22 heavy (non-hydrogen) atoms. The van der Waals surface area contributed by atoms with Crippen LogP contribution in [0.5, 0.6) is 11.5 Å². The van der Waals surface area contributed by atoms with Gasteiger partial charge in [0.25, 0.3) is 11.4 Å². The van der Waals surface area contributed by atoms with Crippen molar-refractivity contribution in [3.63, 3.8) is 0 Å². The minimum absolute atomic E-state index is 0.343. The molecule has 2 aromatic rings. The number of methoxy groups -OCH3 is 2. The summed E-state index contributed by atoms with van der Waals surface area (Å²) >= 11 is 0. The van der Waals surface area contributed by atoms with Crippen molar-refractivity contribution >= 4 is 0 Å². The van der Waals surface area contributed by atoms with E-state index in [1.54, 1.807) is 32.2 Å². The van der Waals surface area contributed by atoms with Gasteiger partial charge in [0, 0.05) is 17.4 Å². The molecule has 1 aliphatic rings. The van der Waals surface area contributed by atoms with E-state index >= 15 is 0 Å². The van der Waals surface area contributed by atoms with Gasteiger partial charge in [0.05, 0.1) is 35.6 Å². The lowest BCUT2D eigenvalue weighted by Crippen LogP contribution is -2.29. The van der Waals surface area contributed by atoms with Crippen LogP contribution in [0.4, 0.5) is 0 Å². The van der Waals surface area contributed by atoms with Gasteiger partial charge >= 0.3 is 0 Å². The van der Waals surface area contributed by atoms with Crippen LogP contribution >= 0.6 is 0 Å². The average Bonchev–Trinajstić information content (AvgIpc) is 3.03. The Bertz CT molecular complexity index is 796. The number of hydrogen-bond donors (Lipinski definition) is 0. The van der Waals surface area contributed by atoms with Gasteiger partial charge in [0.15, 0.2) is 0 Å². The van der Waals surface area contributed by atoms with Gasteiger partial charge in [-0.1, -0.05) is 0 Å². The van der Waals surface area contributed by atoms with Crippen molar-refractivity contribution in [3.05, 3.63) is 45.4 Å². The summed E-state index contributed by atoms with van der Waals surface area (Å²) in [6.45, 7) is 1.67. The summed E-state index contributed by atoms with van der Waals surface area (Å²) in [4.78, 5) is 12.7. The highest BCUT2D eigenvalue weighted by Crippen LogP contribution is 2.34. The first kappa shape index (κ1) is 14.4. The molecule has 1 aromatic heterocycles. The molecule has 0 radical (unpaired) electrons. The molecular formula is C16H18N2O4. The normalized spacial score (nSPS) is 13.0. The second-order valence-corrected chi connectivity index (χ2v) is 5.34. The highest BCUT2D eigenvalue weighted by atomic mass is 16.5. The first-order valence-corrected chi connectivity index (χ1v) is 7.18. The van der Waals surface area contributed by atoms with Gasteiger partial charge in [-0.25, -0.2) is 0 Å². The van der Waals surface area contributed by atoms with Crippen molar-refractivity contribution in [2.24, 2.45) is 0 Å². The Labute approximate surface area is 128 Å². The predicted octanol–water partition coefficient (Wildman–Crippen LogP) is 2.23. The van der Waals surface area contributed by atoms with Gasteiger partial charge in [0.2, 0.25) is 0 Å². The monoisotopic (exact) mass is 302 g/mol. The van der Waals surface area contributed by atoms with E-state index in [0.29, 0.717) is 52.7 Å². The fourth-order valence-corrected chi connectivity index (χ4v) is 3.03. The number of hydrogen-bond acceptors (Lipinski definition) is 4. The van der Waals surface area contributed by atoms with Crippen LogP contribution in [0.3, 0.4) is 0 Å². The molecule has 1 heterocycles. The second-order valence-electron chi connectivity index (χ2n) is 5.34. The van der Waals surface area contributed by atoms with Crippen LogP contribution < -0.4 is 13.9 Å². The second kappa shape index (κ2) is 5.36. The number of aromatic nitrogens is 2. The van der Waals surface area contributed by atoms with Crippen molar-refractivity contribution in [2.75, 3.05) is 14.2 Å². The number of nitrogens with zero attached hydrogens (tertiary/aromatic N) is 2. The fraction of sp³-hybridized carbons (Fsp3) is 0.375. The molecule has 6 nitrogen and oxygen atoms in total. The highest BCUT2D eigenvalue weighted by molar-refractivity contribution is 5.68. The maximum atomic E-state index is 12.7. The Morgan fingerprint density at radius 3 is 2.68 bits per heavy atom. The van der Waals surface area contributed by atoms with E-state index in [2.05, 4.69) is 0 Å². The van der Waals surface area contributed by atoms with Crippen molar-refractivity contribution in [3.8, 4) is 22.8 Å². The molecule has 116 valence electrons. The zero-order valence-corrected chi connectivity index (χ0v) is 12.9. The Morgan fingerprint density at radius 2 is 2.00 bits per heavy atom. The lowest BCUT2D eigenvalue weighted by Gasteiger charge is -2.19. The SMILES string of the molecule is COc1ccc(-c2c(C)n([O-])c3c([n+]2=O)CCC3)c(OC)c1. The highest BCUT2D eigenvalue weighted by Gasteiger charge is 2.31. The summed E-state index contributed by atoms with van der Waals surface area (Å²) in [6.07, 6.45) is 2.12. The van der Waals surface area contributed by atoms with Crippen LogP contribution in [0.25, 0.3) is 11.3 Å². The lowest BCUT2D eigenvalue weighted by molar-refractivity contribution is -0.493. The van der Waals surface area contributed by atoms with Crippen molar-refractivity contribution in [2.45, 2.75) is 26.2 Å². The Hall–Kier alpha value is -2.50. The van der Waals surface area contributed by atoms with Crippen LogP contribution in [0.2, 0.25) is 0 Å². The minimum Gasteiger partial charge on any atom is -0.805 e. The Kier molecular flexibility index (Phi) is 3.52. The zero-order valence-electron chi connectivity index (χ0n) is 12.9. The first-order chi connectivity index (χ1) is 10.6. The van der Waals surface area contributed by atoms with Crippen molar-refractivity contribution in [1.29, 1.82) is 0 Å². The molecular weight excluding hydrogens is 284 g/mol. The Balaban J connectivity index is 2.30. The maximum absolute atomic E-state index is 12.7. The molecule has 0 spiro atoms. The summed E-state index contributed by atoms with van der Waals surface area (Å²) in [5.41, 5.74) is 2.47. The number of rotatable bonds is 3. The van der Waals surface area contributed by atoms with E-state index in [0.717, 1.165) is 15.6 Å². The molecule has 0 atom stereocenters. The minimum atomic E-state index is 0.343. The average molecular weight is 302 g/mol. The maximum Gasteiger partial charge on any atom is 0.292 e. The molecule has 0 unspecified atom stereocenters. The molecule has 0 saturated heterocycles. The lowest BCUT2D eigenvalue weighted by atomic mass is 10.1. The summed E-state index contributed by atoms with van der Waals surface area (Å²) in [5, 5.41) is 12.4. The van der Waals surface area contributed by atoms with Crippen LogP contribution in [0.15, 0.2) is 18.2 Å². The zero-order chi connectivity index (χ0) is 15.9. The summed E-state index contributed by atoms with van der Waals surface area (Å²) in [5.74, 6) is 1.14. The third-order valence-electron chi connectivity index (χ3n) is 4.16. The van der Waals surface area contributed by atoms with E-state index in [-0.39, 0.29) is 0 Å². The van der Waals surface area contributed by atoms with Crippen molar-refractivity contribution in [1.82, 2.24) is 4.73 Å². The van der Waals surface area contributed by atoms with Gasteiger partial charge < -0.3 is 19.4 Å². The molecule has 0 N–H and O–H groups in total. The van der Waals surface area contributed by atoms with E-state index in [4.69, 9.17) is 9.47 Å². The smallest absolute Gasteiger partial charge is 0.292 e. The fourth-order valence-electron chi connectivity index (χ4n) is 3.03. The standard InChI is InChI=1S/C16H18N2O4/c1-10-16(12-8-7-11(21-2)9-15(12)22-3)18(20)14-6-4-5-13(14)17(10)19/h7-9H,4-6H2,1-3H3. The topological polar surface area (TPSA) is 69.4 Å². The molecule has 0 bridgehead atoms. The number of ether oxygens (including phenoxy) is 2. The largest absolute Gasteiger partial charge is 0.805 e. The van der Waals surface area contributed by atoms with Crippen LogP contribution in [-0.2, 0) is 12.8 Å². The number of benzene rings is 1. The molecule has 0 aliphatic heterocycles. The van der Waals surface area contributed by atoms with E-state index < -0.39 is 0 Å². The van der Waals surface area contributed by atoms with Gasteiger partial charge in [-0.2, -0.15) is 0 Å². The summed E-state index contributed by atoms with van der Waals surface area (Å²) in [6, 6.07) is 5.20. The summed E-state index contributed by atoms with van der Waals surface area (Å²) in [7, 11) is 3.09. The van der Waals surface area contributed by atoms with E-state index in [1.165, 1.54) is 7.11 Å². The molecule has 0 amide bonds. The Morgan fingerprint density at radius 1 is 1.23 bits per heavy atom. The van der Waals surface area contributed by atoms with E-state index in [1.807, 2.05) is 0 Å². The third-order valence-corrected chi connectivity index (χ3v) is 4.16. The van der Waals surface area contributed by atoms with Crippen LogP contribution in [-0.4, -0.2) is 19.0 Å². The molecule has 3 rings (SSSR count). The van der Waals surface area contributed by atoms with Gasteiger partial charge in [0.1, 0.15) is 11.5 Å². The van der Waals surface area contributed by atoms with E-state index in [9.17, 15) is 10.1 Å². The van der Waals surface area contributed by atoms with Crippen LogP contribution in [0, 0.1) is 17.0 Å². The van der Waals surface area contributed by atoms with Crippen molar-refractivity contribution < 1.29 is 13.9 Å². The quantitative estimate of drug-likeness (QED) is 0.815. The molecule has 1 aromatic carbocycles. The number of fused-ring (bicyclic) bond motifs is 1. The molecule has 0 saturated carbocycles. The molecule has 0 fully saturated rings. The molecule has 6 heteroatoms. The molecule has 1 aliphatic carbocycles. The van der Waals surface area contributed by atoms with Crippen LogP contribution in [0.1, 0.15) is 23.5 Å². The first-order valence-electron chi connectivity index (χ1n) is 7.18. The predicted molar refractivity (Wildman–Crippen MR) is 81.9 cm³/mol. The third kappa shape index (κ3) is 2.03. The summed E-state index contributed by atoms with van der Waals surface area (Å²) < 4.78 is 12.3. The van der Waals surface area contributed by atoms with Gasteiger partial charge in [-0.3, -0.25) is 0 Å².